The van der Waals surface area contributed by atoms with Crippen molar-refractivity contribution >= 4 is 11.8 Å². The summed E-state index contributed by atoms with van der Waals surface area (Å²) in [4.78, 5) is 28.5. The molecule has 2 rings (SSSR count). The molecular formula is C12H10F3N3O2S. The van der Waals surface area contributed by atoms with Crippen LogP contribution in [0.3, 0.4) is 0 Å². The third-order valence-corrected chi connectivity index (χ3v) is 3.40. The fraction of sp³-hybridized carbons (Fsp3) is 0.250. The van der Waals surface area contributed by atoms with Crippen molar-refractivity contribution in [1.29, 1.82) is 0 Å². The topological polar surface area (TPSA) is 67.8 Å². The molecule has 0 radical (unpaired) electrons. The molecule has 0 unspecified atom stereocenters. The fourth-order valence-electron chi connectivity index (χ4n) is 1.68. The summed E-state index contributed by atoms with van der Waals surface area (Å²) in [6.45, 7) is 1.55. The number of halogens is 3. The number of nitrogens with one attached hydrogen (secondary N) is 1. The van der Waals surface area contributed by atoms with Crippen molar-refractivity contribution in [2.24, 2.45) is 0 Å². The second kappa shape index (κ2) is 6.17. The number of hydrogen-bond acceptors (Lipinski definition) is 4. The Morgan fingerprint density at radius 1 is 1.24 bits per heavy atom. The maximum absolute atomic E-state index is 13.2. The molecule has 0 aliphatic carbocycles. The largest absolute Gasteiger partial charge is 0.351 e. The fourth-order valence-corrected chi connectivity index (χ4v) is 2.39. The van der Waals surface area contributed by atoms with Crippen molar-refractivity contribution in [1.82, 2.24) is 14.5 Å². The number of rotatable bonds is 4. The molecule has 1 aromatic carbocycles. The van der Waals surface area contributed by atoms with Gasteiger partial charge < -0.3 is 0 Å². The minimum absolute atomic E-state index is 0.0419. The second-order valence-electron chi connectivity index (χ2n) is 4.02. The molecule has 0 aliphatic rings. The number of aromatic amines is 1. The summed E-state index contributed by atoms with van der Waals surface area (Å²) < 4.78 is 40.3. The van der Waals surface area contributed by atoms with E-state index in [0.717, 1.165) is 28.5 Å². The maximum atomic E-state index is 13.2. The standard InChI is InChI=1S/C12H10F3N3O2S/c1-2-21-12-17-10(19)16-11(20)18(12)5-6-3-7(13)9(15)8(14)4-6/h3-4H,2,5H2,1H3,(H,16,19,20). The SMILES string of the molecule is CCSc1nc(=O)[nH]c(=O)n1Cc1cc(F)c(F)c(F)c1. The first kappa shape index (κ1) is 15.4. The number of thioether (sulfide) groups is 1. The molecule has 0 spiro atoms. The lowest BCUT2D eigenvalue weighted by molar-refractivity contribution is 0.443. The van der Waals surface area contributed by atoms with Crippen molar-refractivity contribution in [3.8, 4) is 0 Å². The van der Waals surface area contributed by atoms with Crippen molar-refractivity contribution in [3.05, 3.63) is 56.1 Å². The summed E-state index contributed by atoms with van der Waals surface area (Å²) in [5.41, 5.74) is -1.51. The minimum Gasteiger partial charge on any atom is -0.268 e. The Bertz CT molecular complexity index is 765. The molecule has 0 fully saturated rings. The molecule has 0 atom stereocenters. The Labute approximate surface area is 120 Å². The molecule has 0 saturated carbocycles. The van der Waals surface area contributed by atoms with E-state index in [2.05, 4.69) is 4.98 Å². The van der Waals surface area contributed by atoms with Gasteiger partial charge >= 0.3 is 11.4 Å². The van der Waals surface area contributed by atoms with Gasteiger partial charge in [0.2, 0.25) is 0 Å². The predicted octanol–water partition coefficient (Wildman–Crippen LogP) is 1.51. The minimum atomic E-state index is -1.58. The zero-order valence-electron chi connectivity index (χ0n) is 10.8. The van der Waals surface area contributed by atoms with E-state index in [9.17, 15) is 22.8 Å². The molecule has 112 valence electrons. The first-order valence-corrected chi connectivity index (χ1v) is 6.88. The highest BCUT2D eigenvalue weighted by Crippen LogP contribution is 2.16. The van der Waals surface area contributed by atoms with Crippen LogP contribution in [0.1, 0.15) is 12.5 Å². The second-order valence-corrected chi connectivity index (χ2v) is 5.25. The normalized spacial score (nSPS) is 10.9. The van der Waals surface area contributed by atoms with E-state index in [4.69, 9.17) is 0 Å². The lowest BCUT2D eigenvalue weighted by atomic mass is 10.2. The van der Waals surface area contributed by atoms with Gasteiger partial charge in [-0.05, 0) is 23.4 Å². The predicted molar refractivity (Wildman–Crippen MR) is 70.9 cm³/mol. The summed E-state index contributed by atoms with van der Waals surface area (Å²) in [5.74, 6) is -3.73. The van der Waals surface area contributed by atoms with E-state index in [1.54, 1.807) is 6.92 Å². The monoisotopic (exact) mass is 317 g/mol. The van der Waals surface area contributed by atoms with E-state index in [1.807, 2.05) is 4.98 Å². The number of hydrogen-bond donors (Lipinski definition) is 1. The van der Waals surface area contributed by atoms with Crippen LogP contribution in [0.5, 0.6) is 0 Å². The van der Waals surface area contributed by atoms with Crippen molar-refractivity contribution in [2.75, 3.05) is 5.75 Å². The zero-order valence-corrected chi connectivity index (χ0v) is 11.6. The van der Waals surface area contributed by atoms with Gasteiger partial charge in [-0.25, -0.2) is 22.8 Å². The number of H-pyrrole nitrogens is 1. The van der Waals surface area contributed by atoms with E-state index in [-0.39, 0.29) is 17.3 Å². The highest BCUT2D eigenvalue weighted by molar-refractivity contribution is 7.99. The van der Waals surface area contributed by atoms with Gasteiger partial charge in [-0.15, -0.1) is 0 Å². The van der Waals surface area contributed by atoms with Gasteiger partial charge in [0.25, 0.3) is 0 Å². The molecule has 9 heteroatoms. The van der Waals surface area contributed by atoms with Crippen LogP contribution in [-0.2, 0) is 6.54 Å². The first-order valence-electron chi connectivity index (χ1n) is 5.89. The van der Waals surface area contributed by atoms with Crippen molar-refractivity contribution < 1.29 is 13.2 Å². The van der Waals surface area contributed by atoms with Crippen LogP contribution in [0, 0.1) is 17.5 Å². The summed E-state index contributed by atoms with van der Waals surface area (Å²) in [6, 6.07) is 1.58. The summed E-state index contributed by atoms with van der Waals surface area (Å²) in [6.07, 6.45) is 0. The molecule has 0 saturated heterocycles. The highest BCUT2D eigenvalue weighted by atomic mass is 32.2. The van der Waals surface area contributed by atoms with Gasteiger partial charge in [0.05, 0.1) is 6.54 Å². The molecule has 2 aromatic rings. The van der Waals surface area contributed by atoms with Gasteiger partial charge in [-0.1, -0.05) is 18.7 Å². The van der Waals surface area contributed by atoms with Crippen LogP contribution in [0.2, 0.25) is 0 Å². The van der Waals surface area contributed by atoms with Gasteiger partial charge in [0, 0.05) is 0 Å². The molecule has 0 aliphatic heterocycles. The first-order chi connectivity index (χ1) is 9.92. The molecule has 1 heterocycles. The molecule has 21 heavy (non-hydrogen) atoms. The van der Waals surface area contributed by atoms with E-state index >= 15 is 0 Å². The lowest BCUT2D eigenvalue weighted by Gasteiger charge is -2.10. The van der Waals surface area contributed by atoms with E-state index in [0.29, 0.717) is 5.75 Å². The molecule has 0 amide bonds. The average molecular weight is 317 g/mol. The van der Waals surface area contributed by atoms with Crippen molar-refractivity contribution in [2.45, 2.75) is 18.6 Å². The zero-order chi connectivity index (χ0) is 15.6. The summed E-state index contributed by atoms with van der Waals surface area (Å²) in [5, 5.41) is 0.122. The molecule has 1 N–H and O–H groups in total. The van der Waals surface area contributed by atoms with Gasteiger partial charge in [-0.3, -0.25) is 9.55 Å². The van der Waals surface area contributed by atoms with Gasteiger partial charge in [0.1, 0.15) is 0 Å². The molecule has 0 bridgehead atoms. The number of nitrogens with zero attached hydrogens (tertiary/aromatic N) is 2. The quantitative estimate of drug-likeness (QED) is 0.685. The van der Waals surface area contributed by atoms with Crippen LogP contribution in [0.4, 0.5) is 13.2 Å². The summed E-state index contributed by atoms with van der Waals surface area (Å²) in [7, 11) is 0. The highest BCUT2D eigenvalue weighted by Gasteiger charge is 2.13. The Morgan fingerprint density at radius 2 is 1.86 bits per heavy atom. The Balaban J connectivity index is 2.49. The van der Waals surface area contributed by atoms with Crippen LogP contribution in [0.25, 0.3) is 0 Å². The van der Waals surface area contributed by atoms with E-state index in [1.165, 1.54) is 0 Å². The van der Waals surface area contributed by atoms with Gasteiger partial charge in [0.15, 0.2) is 22.6 Å². The number of benzene rings is 1. The Morgan fingerprint density at radius 3 is 2.43 bits per heavy atom. The average Bonchev–Trinajstić information content (AvgIpc) is 2.40. The summed E-state index contributed by atoms with van der Waals surface area (Å²) >= 11 is 1.13. The lowest BCUT2D eigenvalue weighted by Crippen LogP contribution is -2.33. The molecular weight excluding hydrogens is 307 g/mol. The molecule has 1 aromatic heterocycles. The Kier molecular flexibility index (Phi) is 4.51. The van der Waals surface area contributed by atoms with Gasteiger partial charge in [-0.2, -0.15) is 4.98 Å². The smallest absolute Gasteiger partial charge is 0.268 e. The van der Waals surface area contributed by atoms with Crippen LogP contribution >= 0.6 is 11.8 Å². The van der Waals surface area contributed by atoms with Crippen LogP contribution < -0.4 is 11.4 Å². The van der Waals surface area contributed by atoms with Crippen LogP contribution in [-0.4, -0.2) is 20.3 Å². The van der Waals surface area contributed by atoms with E-state index < -0.39 is 28.8 Å². The van der Waals surface area contributed by atoms with Crippen molar-refractivity contribution in [3.63, 3.8) is 0 Å². The third-order valence-electron chi connectivity index (χ3n) is 2.54. The number of aromatic nitrogens is 3. The van der Waals surface area contributed by atoms with Crippen LogP contribution in [0.15, 0.2) is 26.9 Å². The maximum Gasteiger partial charge on any atom is 0.351 e. The Hall–Kier alpha value is -2.03. The molecule has 5 nitrogen and oxygen atoms in total. The third kappa shape index (κ3) is 3.35.